The van der Waals surface area contributed by atoms with Gasteiger partial charge >= 0.3 is 6.36 Å². The number of nitrogens with zero attached hydrogens (tertiary/aromatic N) is 3. The maximum atomic E-state index is 12.8. The van der Waals surface area contributed by atoms with E-state index in [1.54, 1.807) is 12.1 Å². The number of rotatable bonds is 9. The van der Waals surface area contributed by atoms with E-state index in [9.17, 15) is 18.4 Å². The maximum Gasteiger partial charge on any atom is 0.573 e. The third-order valence-corrected chi connectivity index (χ3v) is 9.61. The fourth-order valence-corrected chi connectivity index (χ4v) is 8.23. The van der Waals surface area contributed by atoms with Gasteiger partial charge in [0, 0.05) is 37.8 Å². The molecule has 2 unspecified atom stereocenters. The Morgan fingerprint density at radius 2 is 1.76 bits per heavy atom. The van der Waals surface area contributed by atoms with E-state index in [1.807, 2.05) is 0 Å². The Labute approximate surface area is 245 Å². The standard InChI is InChI=1S/C30H37F3N6O.CH4O/c31-30(32,33)40-25-9-5-4-6-20(25)16-35-28-36-17-23(15-34)27(39-28)37-18-29-12-19-10-21(13-29)26(22(11-19)14-29)38-24-7-2-1-3-8-24;1-2/h4-6,9,17,19,21-22,24,26,38H,1-3,7-8,10-14,16,18H2,(H2,35,36,37,39);2H,1H3. The van der Waals surface area contributed by atoms with Crippen molar-refractivity contribution in [2.24, 2.45) is 23.2 Å². The molecular formula is C31H41F3N6O2. The molecule has 228 valence electrons. The molecule has 0 saturated heterocycles. The van der Waals surface area contributed by atoms with Crippen molar-refractivity contribution in [3.63, 3.8) is 0 Å². The number of para-hydroxylation sites is 1. The number of anilines is 2. The third kappa shape index (κ3) is 7.09. The summed E-state index contributed by atoms with van der Waals surface area (Å²) in [6.07, 6.45) is 9.65. The van der Waals surface area contributed by atoms with Gasteiger partial charge in [0.25, 0.3) is 0 Å². The minimum Gasteiger partial charge on any atom is -0.405 e. The minimum absolute atomic E-state index is 0.0436. The summed E-state index contributed by atoms with van der Waals surface area (Å²) in [7, 11) is 1.00. The van der Waals surface area contributed by atoms with Crippen molar-refractivity contribution in [1.29, 1.82) is 5.26 Å². The van der Waals surface area contributed by atoms with Gasteiger partial charge in [-0.15, -0.1) is 13.2 Å². The predicted octanol–water partition coefficient (Wildman–Crippen LogP) is 6.00. The van der Waals surface area contributed by atoms with Gasteiger partial charge in [0.1, 0.15) is 23.2 Å². The molecule has 4 N–H and O–H groups in total. The van der Waals surface area contributed by atoms with Crippen LogP contribution < -0.4 is 20.7 Å². The number of aliphatic hydroxyl groups is 1. The molecule has 5 saturated carbocycles. The van der Waals surface area contributed by atoms with Gasteiger partial charge in [-0.25, -0.2) is 4.98 Å². The molecule has 8 nitrogen and oxygen atoms in total. The smallest absolute Gasteiger partial charge is 0.405 e. The normalized spacial score (nSPS) is 28.4. The van der Waals surface area contributed by atoms with Crippen molar-refractivity contribution < 1.29 is 23.0 Å². The van der Waals surface area contributed by atoms with Crippen LogP contribution in [0.3, 0.4) is 0 Å². The molecule has 1 aromatic carbocycles. The Morgan fingerprint density at radius 1 is 1.05 bits per heavy atom. The summed E-state index contributed by atoms with van der Waals surface area (Å²) >= 11 is 0. The molecule has 0 spiro atoms. The summed E-state index contributed by atoms with van der Waals surface area (Å²) in [6, 6.07) is 9.46. The molecule has 0 radical (unpaired) electrons. The molecule has 2 aromatic rings. The lowest BCUT2D eigenvalue weighted by atomic mass is 9.47. The first kappa shape index (κ1) is 30.4. The summed E-state index contributed by atoms with van der Waals surface area (Å²) in [5, 5.41) is 27.3. The molecule has 1 heterocycles. The second-order valence-electron chi connectivity index (χ2n) is 12.4. The van der Waals surface area contributed by atoms with E-state index in [1.165, 1.54) is 82.5 Å². The van der Waals surface area contributed by atoms with E-state index >= 15 is 0 Å². The van der Waals surface area contributed by atoms with Gasteiger partial charge in [0.05, 0.1) is 6.20 Å². The lowest BCUT2D eigenvalue weighted by Gasteiger charge is -2.61. The molecule has 42 heavy (non-hydrogen) atoms. The van der Waals surface area contributed by atoms with E-state index in [0.29, 0.717) is 40.9 Å². The molecular weight excluding hydrogens is 545 g/mol. The number of halogens is 3. The molecule has 0 amide bonds. The number of benzene rings is 1. The number of aliphatic hydroxyl groups excluding tert-OH is 1. The largest absolute Gasteiger partial charge is 0.573 e. The zero-order valence-corrected chi connectivity index (χ0v) is 24.1. The second-order valence-corrected chi connectivity index (χ2v) is 12.4. The van der Waals surface area contributed by atoms with Crippen LogP contribution in [0.1, 0.15) is 75.3 Å². The van der Waals surface area contributed by atoms with E-state index in [4.69, 9.17) is 5.11 Å². The van der Waals surface area contributed by atoms with Crippen molar-refractivity contribution in [3.8, 4) is 11.8 Å². The zero-order chi connectivity index (χ0) is 29.7. The monoisotopic (exact) mass is 586 g/mol. The lowest BCUT2D eigenvalue weighted by Crippen LogP contribution is -2.61. The van der Waals surface area contributed by atoms with E-state index < -0.39 is 6.36 Å². The van der Waals surface area contributed by atoms with E-state index in [2.05, 4.69) is 36.7 Å². The minimum atomic E-state index is -4.78. The van der Waals surface area contributed by atoms with Crippen molar-refractivity contribution in [2.75, 3.05) is 24.3 Å². The highest BCUT2D eigenvalue weighted by molar-refractivity contribution is 5.53. The third-order valence-electron chi connectivity index (χ3n) is 9.61. The van der Waals surface area contributed by atoms with Crippen LogP contribution in [0.15, 0.2) is 30.5 Å². The second kappa shape index (κ2) is 13.0. The van der Waals surface area contributed by atoms with Crippen molar-refractivity contribution in [3.05, 3.63) is 41.6 Å². The molecule has 5 aliphatic carbocycles. The van der Waals surface area contributed by atoms with Gasteiger partial charge in [0.2, 0.25) is 5.95 Å². The highest BCUT2D eigenvalue weighted by atomic mass is 19.4. The Morgan fingerprint density at radius 3 is 2.45 bits per heavy atom. The van der Waals surface area contributed by atoms with E-state index in [-0.39, 0.29) is 23.7 Å². The van der Waals surface area contributed by atoms with Crippen LogP contribution in [-0.2, 0) is 6.54 Å². The van der Waals surface area contributed by atoms with E-state index in [0.717, 1.165) is 19.6 Å². The summed E-state index contributed by atoms with van der Waals surface area (Å²) in [5.41, 5.74) is 0.889. The van der Waals surface area contributed by atoms with Gasteiger partial charge in [-0.05, 0) is 74.2 Å². The molecule has 5 aliphatic rings. The number of aromatic nitrogens is 2. The molecule has 1 aromatic heterocycles. The zero-order valence-electron chi connectivity index (χ0n) is 24.1. The fraction of sp³-hybridized carbons (Fsp3) is 0.645. The van der Waals surface area contributed by atoms with Crippen LogP contribution in [0.4, 0.5) is 24.9 Å². The van der Waals surface area contributed by atoms with Crippen LogP contribution in [0.25, 0.3) is 0 Å². The van der Waals surface area contributed by atoms with Gasteiger partial charge in [-0.1, -0.05) is 37.5 Å². The Bertz CT molecular complexity index is 1230. The van der Waals surface area contributed by atoms with Crippen LogP contribution in [0.2, 0.25) is 0 Å². The Kier molecular flexibility index (Phi) is 9.43. The highest BCUT2D eigenvalue weighted by Gasteiger charge is 2.55. The summed E-state index contributed by atoms with van der Waals surface area (Å²) < 4.78 is 42.5. The number of nitrogens with one attached hydrogen (secondary N) is 3. The first-order chi connectivity index (χ1) is 20.3. The summed E-state index contributed by atoms with van der Waals surface area (Å²) in [6.45, 7) is 0.808. The van der Waals surface area contributed by atoms with Crippen LogP contribution in [0.5, 0.6) is 5.75 Å². The summed E-state index contributed by atoms with van der Waals surface area (Å²) in [5.74, 6) is 2.64. The first-order valence-electron chi connectivity index (χ1n) is 15.1. The molecule has 7 rings (SSSR count). The van der Waals surface area contributed by atoms with Gasteiger partial charge in [-0.3, -0.25) is 0 Å². The average Bonchev–Trinajstić information content (AvgIpc) is 2.98. The number of alkyl halides is 3. The van der Waals surface area contributed by atoms with Crippen molar-refractivity contribution in [1.82, 2.24) is 15.3 Å². The number of hydrogen-bond acceptors (Lipinski definition) is 8. The SMILES string of the molecule is CO.N#Cc1cnc(NCc2ccccc2OC(F)(F)F)nc1NCC12CC3CC(C1)C(NC1CCCCC1)C(C3)C2. The average molecular weight is 587 g/mol. The molecule has 2 atom stereocenters. The number of nitriles is 1. The van der Waals surface area contributed by atoms with Crippen molar-refractivity contribution in [2.45, 2.75) is 89.2 Å². The molecule has 0 aliphatic heterocycles. The van der Waals surface area contributed by atoms with Gasteiger partial charge in [-0.2, -0.15) is 10.2 Å². The lowest BCUT2D eigenvalue weighted by molar-refractivity contribution is -0.274. The van der Waals surface area contributed by atoms with Crippen molar-refractivity contribution >= 4 is 11.8 Å². The van der Waals surface area contributed by atoms with Gasteiger partial charge in [0.15, 0.2) is 0 Å². The molecule has 11 heteroatoms. The fourth-order valence-electron chi connectivity index (χ4n) is 8.23. The molecule has 4 bridgehead atoms. The Hall–Kier alpha value is -3.10. The van der Waals surface area contributed by atoms with Crippen LogP contribution in [-0.4, -0.2) is 47.2 Å². The predicted molar refractivity (Wildman–Crippen MR) is 154 cm³/mol. The van der Waals surface area contributed by atoms with Gasteiger partial charge < -0.3 is 25.8 Å². The topological polar surface area (TPSA) is 115 Å². The quantitative estimate of drug-likeness (QED) is 0.283. The maximum absolute atomic E-state index is 12.8. The first-order valence-corrected chi connectivity index (χ1v) is 15.1. The Balaban J connectivity index is 0.00000173. The number of ether oxygens (including phenoxy) is 1. The van der Waals surface area contributed by atoms with Crippen LogP contribution in [0, 0.1) is 34.5 Å². The summed E-state index contributed by atoms with van der Waals surface area (Å²) in [4.78, 5) is 8.75. The molecule has 5 fully saturated rings. The van der Waals surface area contributed by atoms with Crippen LogP contribution >= 0.6 is 0 Å². The number of hydrogen-bond donors (Lipinski definition) is 4. The highest BCUT2D eigenvalue weighted by Crippen LogP contribution is 2.60.